The van der Waals surface area contributed by atoms with Crippen molar-refractivity contribution < 1.29 is 0 Å². The Balaban J connectivity index is 2.19. The maximum Gasteiger partial charge on any atom is 0.0728 e. The molecule has 0 aromatic heterocycles. The zero-order chi connectivity index (χ0) is 13.5. The molecule has 2 atom stereocenters. The second-order valence-electron chi connectivity index (χ2n) is 4.42. The summed E-state index contributed by atoms with van der Waals surface area (Å²) in [6.07, 6.45) is 0.529. The van der Waals surface area contributed by atoms with Crippen molar-refractivity contribution in [2.75, 3.05) is 0 Å². The molecule has 0 fully saturated rings. The van der Waals surface area contributed by atoms with Gasteiger partial charge in [-0.25, -0.2) is 0 Å². The van der Waals surface area contributed by atoms with E-state index in [1.54, 1.807) is 0 Å². The van der Waals surface area contributed by atoms with E-state index in [9.17, 15) is 10.5 Å². The Kier molecular flexibility index (Phi) is 4.32. The highest BCUT2D eigenvalue weighted by molar-refractivity contribution is 5.30. The Morgan fingerprint density at radius 3 is 1.37 bits per heavy atom. The van der Waals surface area contributed by atoms with E-state index in [0.29, 0.717) is 6.42 Å². The smallest absolute Gasteiger partial charge is 0.0728 e. The van der Waals surface area contributed by atoms with Gasteiger partial charge in [-0.05, 0) is 17.5 Å². The van der Waals surface area contributed by atoms with Crippen molar-refractivity contribution in [2.45, 2.75) is 18.3 Å². The molecule has 0 aliphatic heterocycles. The monoisotopic (exact) mass is 246 g/mol. The maximum atomic E-state index is 9.31. The predicted octanol–water partition coefficient (Wildman–Crippen LogP) is 3.99. The Labute approximate surface area is 113 Å². The van der Waals surface area contributed by atoms with Gasteiger partial charge in [-0.3, -0.25) is 0 Å². The van der Waals surface area contributed by atoms with Gasteiger partial charge in [0.25, 0.3) is 0 Å². The average Bonchev–Trinajstić information content (AvgIpc) is 2.50. The van der Waals surface area contributed by atoms with E-state index >= 15 is 0 Å². The summed E-state index contributed by atoms with van der Waals surface area (Å²) in [6.45, 7) is 0. The minimum Gasteiger partial charge on any atom is -0.198 e. The second-order valence-corrected chi connectivity index (χ2v) is 4.42. The highest BCUT2D eigenvalue weighted by Gasteiger charge is 2.18. The fourth-order valence-corrected chi connectivity index (χ4v) is 2.13. The van der Waals surface area contributed by atoms with Gasteiger partial charge in [0.2, 0.25) is 0 Å². The summed E-state index contributed by atoms with van der Waals surface area (Å²) in [7, 11) is 0. The van der Waals surface area contributed by atoms with Gasteiger partial charge in [0.1, 0.15) is 0 Å². The first-order valence-electron chi connectivity index (χ1n) is 6.24. The van der Waals surface area contributed by atoms with E-state index < -0.39 is 0 Å². The summed E-state index contributed by atoms with van der Waals surface area (Å²) >= 11 is 0. The third kappa shape index (κ3) is 3.21. The van der Waals surface area contributed by atoms with Crippen molar-refractivity contribution in [1.82, 2.24) is 0 Å². The van der Waals surface area contributed by atoms with Gasteiger partial charge in [0, 0.05) is 0 Å². The molecule has 0 bridgehead atoms. The quantitative estimate of drug-likeness (QED) is 0.818. The molecule has 0 spiro atoms. The highest BCUT2D eigenvalue weighted by Crippen LogP contribution is 2.28. The lowest BCUT2D eigenvalue weighted by atomic mass is 9.87. The van der Waals surface area contributed by atoms with Crippen molar-refractivity contribution in [3.8, 4) is 12.1 Å². The number of benzene rings is 2. The molecule has 0 aliphatic carbocycles. The number of nitriles is 2. The van der Waals surface area contributed by atoms with Gasteiger partial charge in [-0.1, -0.05) is 60.7 Å². The van der Waals surface area contributed by atoms with Crippen molar-refractivity contribution in [1.29, 1.82) is 10.5 Å². The molecule has 92 valence electrons. The third-order valence-corrected chi connectivity index (χ3v) is 3.19. The second kappa shape index (κ2) is 6.38. The molecule has 0 amide bonds. The summed E-state index contributed by atoms with van der Waals surface area (Å²) in [4.78, 5) is 0. The molecule has 2 nitrogen and oxygen atoms in total. The molecule has 0 heterocycles. The highest BCUT2D eigenvalue weighted by atomic mass is 14.3. The molecule has 2 aromatic rings. The van der Waals surface area contributed by atoms with Crippen LogP contribution in [0.15, 0.2) is 60.7 Å². The minimum atomic E-state index is -0.244. The first kappa shape index (κ1) is 12.9. The van der Waals surface area contributed by atoms with E-state index in [4.69, 9.17) is 0 Å². The first-order valence-corrected chi connectivity index (χ1v) is 6.24. The van der Waals surface area contributed by atoms with Crippen LogP contribution >= 0.6 is 0 Å². The number of hydrogen-bond donors (Lipinski definition) is 0. The lowest BCUT2D eigenvalue weighted by Crippen LogP contribution is -2.03. The lowest BCUT2D eigenvalue weighted by Gasteiger charge is -2.14. The van der Waals surface area contributed by atoms with Crippen molar-refractivity contribution in [3.05, 3.63) is 71.8 Å². The van der Waals surface area contributed by atoms with Gasteiger partial charge in [-0.2, -0.15) is 10.5 Å². The van der Waals surface area contributed by atoms with Gasteiger partial charge in [0.05, 0.1) is 24.0 Å². The minimum absolute atomic E-state index is 0.244. The van der Waals surface area contributed by atoms with Crippen LogP contribution in [-0.2, 0) is 0 Å². The number of nitrogens with zero attached hydrogens (tertiary/aromatic N) is 2. The van der Waals surface area contributed by atoms with Crippen molar-refractivity contribution >= 4 is 0 Å². The molecule has 0 N–H and O–H groups in total. The van der Waals surface area contributed by atoms with Crippen molar-refractivity contribution in [3.63, 3.8) is 0 Å². The first-order chi connectivity index (χ1) is 9.35. The van der Waals surface area contributed by atoms with Gasteiger partial charge in [0.15, 0.2) is 0 Å². The maximum absolute atomic E-state index is 9.31. The standard InChI is InChI=1S/C17H14N2/c18-12-16(14-7-3-1-4-8-14)11-17(13-19)15-9-5-2-6-10-15/h1-10,16-17H,11H2. The molecule has 0 saturated heterocycles. The van der Waals surface area contributed by atoms with Crippen LogP contribution in [0.5, 0.6) is 0 Å². The molecule has 2 rings (SSSR count). The molecular weight excluding hydrogens is 232 g/mol. The Hall–Kier alpha value is -2.58. The van der Waals surface area contributed by atoms with E-state index in [2.05, 4.69) is 12.1 Å². The van der Waals surface area contributed by atoms with Gasteiger partial charge in [-0.15, -0.1) is 0 Å². The molecule has 2 aromatic carbocycles. The Bertz CT molecular complexity index is 535. The molecule has 0 radical (unpaired) electrons. The largest absolute Gasteiger partial charge is 0.198 e. The molecule has 0 saturated carbocycles. The van der Waals surface area contributed by atoms with Crippen LogP contribution in [0.4, 0.5) is 0 Å². The Morgan fingerprint density at radius 1 is 0.684 bits per heavy atom. The SMILES string of the molecule is N#CC(CC(C#N)c1ccccc1)c1ccccc1. The van der Waals surface area contributed by atoms with Crippen LogP contribution in [0.25, 0.3) is 0 Å². The van der Waals surface area contributed by atoms with Crippen LogP contribution in [-0.4, -0.2) is 0 Å². The lowest BCUT2D eigenvalue weighted by molar-refractivity contribution is 0.690. The van der Waals surface area contributed by atoms with E-state index in [1.165, 1.54) is 0 Å². The summed E-state index contributed by atoms with van der Waals surface area (Å²) in [6, 6.07) is 23.9. The van der Waals surface area contributed by atoms with E-state index in [0.717, 1.165) is 11.1 Å². The zero-order valence-corrected chi connectivity index (χ0v) is 10.5. The number of rotatable bonds is 4. The van der Waals surface area contributed by atoms with Crippen LogP contribution in [0.3, 0.4) is 0 Å². The van der Waals surface area contributed by atoms with Crippen LogP contribution in [0, 0.1) is 22.7 Å². The Morgan fingerprint density at radius 2 is 1.05 bits per heavy atom. The van der Waals surface area contributed by atoms with E-state index in [-0.39, 0.29) is 11.8 Å². The zero-order valence-electron chi connectivity index (χ0n) is 10.5. The summed E-state index contributed by atoms with van der Waals surface area (Å²) in [5.74, 6) is -0.489. The normalized spacial score (nSPS) is 12.9. The molecular formula is C17H14N2. The number of hydrogen-bond acceptors (Lipinski definition) is 2. The van der Waals surface area contributed by atoms with Crippen LogP contribution in [0.2, 0.25) is 0 Å². The molecule has 2 unspecified atom stereocenters. The fourth-order valence-electron chi connectivity index (χ4n) is 2.13. The topological polar surface area (TPSA) is 47.6 Å². The molecule has 19 heavy (non-hydrogen) atoms. The van der Waals surface area contributed by atoms with Crippen LogP contribution in [0.1, 0.15) is 29.4 Å². The summed E-state index contributed by atoms with van der Waals surface area (Å²) in [5.41, 5.74) is 1.95. The third-order valence-electron chi connectivity index (χ3n) is 3.19. The van der Waals surface area contributed by atoms with Gasteiger partial charge < -0.3 is 0 Å². The predicted molar refractivity (Wildman–Crippen MR) is 74.2 cm³/mol. The van der Waals surface area contributed by atoms with Crippen LogP contribution < -0.4 is 0 Å². The molecule has 2 heteroatoms. The van der Waals surface area contributed by atoms with Crippen molar-refractivity contribution in [2.24, 2.45) is 0 Å². The summed E-state index contributed by atoms with van der Waals surface area (Å²) < 4.78 is 0. The van der Waals surface area contributed by atoms with Gasteiger partial charge >= 0.3 is 0 Å². The van der Waals surface area contributed by atoms with E-state index in [1.807, 2.05) is 60.7 Å². The average molecular weight is 246 g/mol. The summed E-state index contributed by atoms with van der Waals surface area (Å²) in [5, 5.41) is 18.6. The molecule has 0 aliphatic rings. The fraction of sp³-hybridized carbons (Fsp3) is 0.176.